The fourth-order valence-corrected chi connectivity index (χ4v) is 6.10. The molecular formula is C38H57N3O4. The number of carbonyl (C=O) groups is 2. The molecule has 2 aliphatic rings. The smallest absolute Gasteiger partial charge is 0.163 e. The van der Waals surface area contributed by atoms with Crippen molar-refractivity contribution >= 4 is 24.5 Å². The Hall–Kier alpha value is -3.32. The summed E-state index contributed by atoms with van der Waals surface area (Å²) in [6.45, 7) is 12.0. The lowest BCUT2D eigenvalue weighted by Gasteiger charge is -2.25. The van der Waals surface area contributed by atoms with E-state index in [0.717, 1.165) is 48.5 Å². The van der Waals surface area contributed by atoms with Crippen LogP contribution in [0, 0.1) is 12.8 Å². The highest BCUT2D eigenvalue weighted by Gasteiger charge is 2.23. The minimum absolute atomic E-state index is 0.0924. The van der Waals surface area contributed by atoms with Gasteiger partial charge in [0.15, 0.2) is 12.1 Å². The number of hydrogen-bond acceptors (Lipinski definition) is 7. The molecule has 2 aliphatic carbocycles. The van der Waals surface area contributed by atoms with Gasteiger partial charge in [-0.15, -0.1) is 0 Å². The van der Waals surface area contributed by atoms with Crippen LogP contribution in [0.4, 0.5) is 0 Å². The highest BCUT2D eigenvalue weighted by atomic mass is 16.5. The van der Waals surface area contributed by atoms with E-state index in [2.05, 4.69) is 37.9 Å². The molecule has 4 rings (SSSR count). The second kappa shape index (κ2) is 19.9. The van der Waals surface area contributed by atoms with Crippen LogP contribution in [0.1, 0.15) is 129 Å². The first-order chi connectivity index (χ1) is 21.6. The average molecular weight is 620 g/mol. The molecule has 7 nitrogen and oxygen atoms in total. The summed E-state index contributed by atoms with van der Waals surface area (Å²) in [6, 6.07) is 9.06. The molecule has 0 saturated heterocycles. The van der Waals surface area contributed by atoms with Crippen molar-refractivity contribution in [2.45, 2.75) is 124 Å². The van der Waals surface area contributed by atoms with E-state index in [0.29, 0.717) is 41.3 Å². The molecule has 2 fully saturated rings. The second-order valence-corrected chi connectivity index (χ2v) is 12.2. The molecule has 0 amide bonds. The van der Waals surface area contributed by atoms with E-state index in [1.54, 1.807) is 19.2 Å². The van der Waals surface area contributed by atoms with Crippen molar-refractivity contribution in [3.05, 3.63) is 57.6 Å². The summed E-state index contributed by atoms with van der Waals surface area (Å²) >= 11 is 0. The summed E-state index contributed by atoms with van der Waals surface area (Å²) in [5.41, 5.74) is 11.2. The largest absolute Gasteiger partial charge is 0.496 e. The zero-order chi connectivity index (χ0) is 33.4. The lowest BCUT2D eigenvalue weighted by molar-refractivity contribution is 0.101. The first-order valence-corrected chi connectivity index (χ1v) is 16.7. The van der Waals surface area contributed by atoms with Gasteiger partial charge in [-0.25, -0.2) is 0 Å². The SMILES string of the molecule is CC1CCCCC1N.CC=N[C@H]1CCCC[C@H]1N=Cc1cc(CC)cc(C)c1OC.CCc1cc(C=O)c(OC)c(C(C)=O)c1. The van der Waals surface area contributed by atoms with Gasteiger partial charge in [-0.05, 0) is 106 Å². The fourth-order valence-electron chi connectivity index (χ4n) is 6.10. The van der Waals surface area contributed by atoms with Gasteiger partial charge in [0.2, 0.25) is 0 Å². The van der Waals surface area contributed by atoms with Crippen molar-refractivity contribution in [3.63, 3.8) is 0 Å². The number of nitrogens with zero attached hydrogens (tertiary/aromatic N) is 2. The number of Topliss-reactive ketones (excluding diaryl/α,β-unsaturated/α-hetero) is 1. The Morgan fingerprint density at radius 2 is 1.42 bits per heavy atom. The van der Waals surface area contributed by atoms with Gasteiger partial charge in [-0.1, -0.05) is 52.5 Å². The first kappa shape index (κ1) is 37.9. The second-order valence-electron chi connectivity index (χ2n) is 12.2. The number of ether oxygens (including phenoxy) is 2. The summed E-state index contributed by atoms with van der Waals surface area (Å²) in [4.78, 5) is 31.7. The lowest BCUT2D eigenvalue weighted by atomic mass is 9.87. The minimum Gasteiger partial charge on any atom is -0.496 e. The molecule has 0 bridgehead atoms. The maximum atomic E-state index is 11.4. The zero-order valence-electron chi connectivity index (χ0n) is 29.0. The highest BCUT2D eigenvalue weighted by molar-refractivity contribution is 6.00. The molecule has 4 atom stereocenters. The Bertz CT molecular complexity index is 1280. The predicted octanol–water partition coefficient (Wildman–Crippen LogP) is 8.18. The summed E-state index contributed by atoms with van der Waals surface area (Å²) in [7, 11) is 3.19. The standard InChI is InChI=1S/C19H28N2O.C12H14O3.C7H15N/c1-5-15-11-14(3)19(22-4)16(12-15)13-21-18-10-8-7-9-17(18)20-6-2;1-4-9-5-10(7-13)12(15-3)11(6-9)8(2)14;1-6-4-2-3-5-7(6)8/h6,11-13,17-18H,5,7-10H2,1-4H3;5-7H,4H2,1-3H3;6-7H,2-5,8H2,1H3/t17-,18+;;/m0../s1. The van der Waals surface area contributed by atoms with Crippen LogP contribution in [-0.2, 0) is 12.8 Å². The van der Waals surface area contributed by atoms with Gasteiger partial charge >= 0.3 is 0 Å². The van der Waals surface area contributed by atoms with Gasteiger partial charge in [0.05, 0.1) is 37.4 Å². The van der Waals surface area contributed by atoms with Crippen LogP contribution in [0.2, 0.25) is 0 Å². The van der Waals surface area contributed by atoms with Crippen LogP contribution in [0.3, 0.4) is 0 Å². The van der Waals surface area contributed by atoms with Gasteiger partial charge in [0.25, 0.3) is 0 Å². The van der Waals surface area contributed by atoms with E-state index in [4.69, 9.17) is 20.2 Å². The quantitative estimate of drug-likeness (QED) is 0.173. The predicted molar refractivity (Wildman–Crippen MR) is 188 cm³/mol. The van der Waals surface area contributed by atoms with E-state index < -0.39 is 0 Å². The van der Waals surface area contributed by atoms with E-state index >= 15 is 0 Å². The third kappa shape index (κ3) is 11.5. The molecular weight excluding hydrogens is 562 g/mol. The van der Waals surface area contributed by atoms with Crippen molar-refractivity contribution in [2.24, 2.45) is 21.6 Å². The molecule has 45 heavy (non-hydrogen) atoms. The van der Waals surface area contributed by atoms with Crippen molar-refractivity contribution in [1.29, 1.82) is 0 Å². The molecule has 0 aromatic heterocycles. The summed E-state index contributed by atoms with van der Waals surface area (Å²) < 4.78 is 10.6. The molecule has 248 valence electrons. The van der Waals surface area contributed by atoms with Crippen LogP contribution in [-0.4, -0.2) is 56.8 Å². The van der Waals surface area contributed by atoms with E-state index in [9.17, 15) is 9.59 Å². The van der Waals surface area contributed by atoms with Gasteiger partial charge in [-0.3, -0.25) is 19.6 Å². The number of aldehydes is 1. The van der Waals surface area contributed by atoms with Crippen LogP contribution in [0.5, 0.6) is 11.5 Å². The van der Waals surface area contributed by atoms with Crippen LogP contribution < -0.4 is 15.2 Å². The normalized spacial score (nSPS) is 21.4. The van der Waals surface area contributed by atoms with E-state index in [-0.39, 0.29) is 5.78 Å². The zero-order valence-corrected chi connectivity index (χ0v) is 29.0. The maximum absolute atomic E-state index is 11.4. The van der Waals surface area contributed by atoms with Gasteiger partial charge < -0.3 is 15.2 Å². The molecule has 2 saturated carbocycles. The molecule has 2 unspecified atom stereocenters. The minimum atomic E-state index is -0.0924. The molecule has 7 heteroatoms. The maximum Gasteiger partial charge on any atom is 0.163 e. The number of benzene rings is 2. The van der Waals surface area contributed by atoms with Gasteiger partial charge in [0, 0.05) is 17.8 Å². The van der Waals surface area contributed by atoms with Crippen LogP contribution in [0.25, 0.3) is 0 Å². The van der Waals surface area contributed by atoms with Crippen molar-refractivity contribution in [2.75, 3.05) is 14.2 Å². The van der Waals surface area contributed by atoms with Gasteiger partial charge in [0.1, 0.15) is 11.5 Å². The van der Waals surface area contributed by atoms with E-state index in [1.807, 2.05) is 26.3 Å². The molecule has 0 aliphatic heterocycles. The van der Waals surface area contributed by atoms with Gasteiger partial charge in [-0.2, -0.15) is 0 Å². The first-order valence-electron chi connectivity index (χ1n) is 16.7. The van der Waals surface area contributed by atoms with Crippen LogP contribution >= 0.6 is 0 Å². The highest BCUT2D eigenvalue weighted by Crippen LogP contribution is 2.28. The van der Waals surface area contributed by atoms with Crippen molar-refractivity contribution < 1.29 is 19.1 Å². The Morgan fingerprint density at radius 1 is 0.867 bits per heavy atom. The average Bonchev–Trinajstić information content (AvgIpc) is 3.05. The Labute approximate surface area is 272 Å². The number of aryl methyl sites for hydroxylation is 3. The van der Waals surface area contributed by atoms with Crippen LogP contribution in [0.15, 0.2) is 34.3 Å². The Balaban J connectivity index is 0.000000263. The third-order valence-electron chi connectivity index (χ3n) is 8.89. The molecule has 2 N–H and O–H groups in total. The number of ketones is 1. The number of methoxy groups -OCH3 is 2. The monoisotopic (exact) mass is 619 g/mol. The Morgan fingerprint density at radius 3 is 1.91 bits per heavy atom. The molecule has 2 aromatic carbocycles. The number of nitrogens with two attached hydrogens (primary N) is 1. The number of aliphatic imine (C=N–C) groups is 2. The lowest BCUT2D eigenvalue weighted by Crippen LogP contribution is -2.30. The number of hydrogen-bond donors (Lipinski definition) is 1. The van der Waals surface area contributed by atoms with E-state index in [1.165, 1.54) is 63.7 Å². The summed E-state index contributed by atoms with van der Waals surface area (Å²) in [6.07, 6.45) is 16.6. The van der Waals surface area contributed by atoms with Crippen molar-refractivity contribution in [1.82, 2.24) is 0 Å². The Kier molecular flexibility index (Phi) is 16.8. The molecule has 2 aromatic rings. The van der Waals surface area contributed by atoms with Crippen molar-refractivity contribution in [3.8, 4) is 11.5 Å². The summed E-state index contributed by atoms with van der Waals surface area (Å²) in [5.74, 6) is 2.00. The molecule has 0 heterocycles. The third-order valence-corrected chi connectivity index (χ3v) is 8.89. The summed E-state index contributed by atoms with van der Waals surface area (Å²) in [5, 5.41) is 0. The number of carbonyl (C=O) groups excluding carboxylic acids is 2. The fraction of sp³-hybridized carbons (Fsp3) is 0.579. The molecule has 0 radical (unpaired) electrons. The number of rotatable bonds is 9. The molecule has 0 spiro atoms. The topological polar surface area (TPSA) is 103 Å².